The molecule has 0 fully saturated rings. The lowest BCUT2D eigenvalue weighted by Crippen LogP contribution is -2.58. The molecule has 10 N–H and O–H groups in total. The van der Waals surface area contributed by atoms with Gasteiger partial charge in [0, 0.05) is 5.75 Å². The second-order valence-corrected chi connectivity index (χ2v) is 8.26. The van der Waals surface area contributed by atoms with Crippen molar-refractivity contribution in [1.82, 2.24) is 16.0 Å². The lowest BCUT2D eigenvalue weighted by atomic mass is 10.0. The van der Waals surface area contributed by atoms with E-state index >= 15 is 0 Å². The van der Waals surface area contributed by atoms with Gasteiger partial charge in [0.1, 0.15) is 18.1 Å². The van der Waals surface area contributed by atoms with Crippen molar-refractivity contribution in [2.24, 2.45) is 23.1 Å². The van der Waals surface area contributed by atoms with Crippen molar-refractivity contribution in [3.63, 3.8) is 0 Å². The Hall–Kier alpha value is -2.38. The van der Waals surface area contributed by atoms with Crippen LogP contribution >= 0.6 is 12.6 Å². The van der Waals surface area contributed by atoms with Gasteiger partial charge in [0.25, 0.3) is 0 Å². The van der Waals surface area contributed by atoms with Crippen molar-refractivity contribution < 1.29 is 29.1 Å². The Kier molecular flexibility index (Phi) is 14.3. The molecule has 0 aliphatic rings. The number of unbranched alkanes of at least 4 members (excludes halogenated alkanes) is 1. The van der Waals surface area contributed by atoms with Gasteiger partial charge in [-0.3, -0.25) is 19.2 Å². The molecule has 0 aromatic carbocycles. The average Bonchev–Trinajstić information content (AvgIpc) is 2.70. The summed E-state index contributed by atoms with van der Waals surface area (Å²) >= 11 is 3.95. The first-order valence-corrected chi connectivity index (χ1v) is 11.0. The maximum atomic E-state index is 12.8. The highest BCUT2D eigenvalue weighted by Crippen LogP contribution is 2.07. The average molecular weight is 477 g/mol. The standard InChI is InChI=1S/C19H36N6O6S/c1-10(2)7-13(24-16(27)11(21)9-32)17(28)25-14(8-15(22)26)18(29)23-12(19(30)31)5-3-4-6-20/h10-14,32H,3-9,20-21H2,1-2H3,(H2,22,26)(H,23,29)(H,24,27)(H,25,28)(H,30,31). The van der Waals surface area contributed by atoms with Crippen LogP contribution in [0.3, 0.4) is 0 Å². The molecule has 13 heteroatoms. The molecule has 0 radical (unpaired) electrons. The van der Waals surface area contributed by atoms with Gasteiger partial charge >= 0.3 is 5.97 Å². The zero-order valence-electron chi connectivity index (χ0n) is 18.5. The third-order valence-electron chi connectivity index (χ3n) is 4.47. The Balaban J connectivity index is 5.42. The van der Waals surface area contributed by atoms with Gasteiger partial charge in [0.15, 0.2) is 0 Å². The number of rotatable bonds is 16. The summed E-state index contributed by atoms with van der Waals surface area (Å²) in [6.45, 7) is 4.04. The summed E-state index contributed by atoms with van der Waals surface area (Å²) in [7, 11) is 0. The molecule has 0 spiro atoms. The van der Waals surface area contributed by atoms with Crippen LogP contribution in [0.1, 0.15) is 46.0 Å². The van der Waals surface area contributed by atoms with Crippen molar-refractivity contribution in [2.45, 2.75) is 70.1 Å². The van der Waals surface area contributed by atoms with Crippen molar-refractivity contribution in [2.75, 3.05) is 12.3 Å². The van der Waals surface area contributed by atoms with Gasteiger partial charge in [-0.15, -0.1) is 0 Å². The Morgan fingerprint density at radius 1 is 0.906 bits per heavy atom. The summed E-state index contributed by atoms with van der Waals surface area (Å²) in [5.41, 5.74) is 16.2. The number of hydrogen-bond acceptors (Lipinski definition) is 8. The van der Waals surface area contributed by atoms with Crippen LogP contribution in [0.4, 0.5) is 0 Å². The van der Waals surface area contributed by atoms with E-state index in [2.05, 4.69) is 28.6 Å². The lowest BCUT2D eigenvalue weighted by molar-refractivity contribution is -0.142. The molecule has 4 amide bonds. The maximum absolute atomic E-state index is 12.8. The Morgan fingerprint density at radius 3 is 1.91 bits per heavy atom. The van der Waals surface area contributed by atoms with Gasteiger partial charge in [0.05, 0.1) is 12.5 Å². The minimum Gasteiger partial charge on any atom is -0.480 e. The second-order valence-electron chi connectivity index (χ2n) is 7.90. The summed E-state index contributed by atoms with van der Waals surface area (Å²) in [6, 6.07) is -4.60. The predicted molar refractivity (Wildman–Crippen MR) is 121 cm³/mol. The largest absolute Gasteiger partial charge is 0.480 e. The van der Waals surface area contributed by atoms with E-state index in [0.29, 0.717) is 19.4 Å². The quantitative estimate of drug-likeness (QED) is 0.0902. The summed E-state index contributed by atoms with van der Waals surface area (Å²) < 4.78 is 0. The van der Waals surface area contributed by atoms with Gasteiger partial charge in [-0.1, -0.05) is 13.8 Å². The van der Waals surface area contributed by atoms with Crippen LogP contribution in [0.25, 0.3) is 0 Å². The summed E-state index contributed by atoms with van der Waals surface area (Å²) in [5, 5.41) is 16.6. The molecule has 32 heavy (non-hydrogen) atoms. The first-order valence-electron chi connectivity index (χ1n) is 10.4. The summed E-state index contributed by atoms with van der Waals surface area (Å²) in [4.78, 5) is 60.5. The number of hydrogen-bond donors (Lipinski definition) is 8. The monoisotopic (exact) mass is 476 g/mol. The fourth-order valence-electron chi connectivity index (χ4n) is 2.77. The summed E-state index contributed by atoms with van der Waals surface area (Å²) in [6.07, 6.45) is 0.855. The molecule has 0 bridgehead atoms. The first kappa shape index (κ1) is 29.6. The Morgan fingerprint density at radius 2 is 1.44 bits per heavy atom. The number of aliphatic carboxylic acids is 1. The molecule has 184 valence electrons. The van der Waals surface area contributed by atoms with Crippen molar-refractivity contribution in [3.05, 3.63) is 0 Å². The van der Waals surface area contributed by atoms with E-state index in [9.17, 15) is 29.1 Å². The van der Waals surface area contributed by atoms with E-state index < -0.39 is 60.2 Å². The normalized spacial score (nSPS) is 14.7. The van der Waals surface area contributed by atoms with Crippen LogP contribution < -0.4 is 33.2 Å². The SMILES string of the molecule is CC(C)CC(NC(=O)C(N)CS)C(=O)NC(CC(N)=O)C(=O)NC(CCCCN)C(=O)O. The molecule has 0 aliphatic carbocycles. The van der Waals surface area contributed by atoms with Crippen LogP contribution in [0.2, 0.25) is 0 Å². The smallest absolute Gasteiger partial charge is 0.326 e. The van der Waals surface area contributed by atoms with Gasteiger partial charge in [0.2, 0.25) is 23.6 Å². The molecule has 0 rings (SSSR count). The number of carbonyl (C=O) groups is 5. The predicted octanol–water partition coefficient (Wildman–Crippen LogP) is -2.17. The van der Waals surface area contributed by atoms with Gasteiger partial charge in [-0.25, -0.2) is 4.79 Å². The lowest BCUT2D eigenvalue weighted by Gasteiger charge is -2.25. The van der Waals surface area contributed by atoms with Crippen molar-refractivity contribution >= 4 is 42.2 Å². The van der Waals surface area contributed by atoms with E-state index in [1.54, 1.807) is 0 Å². The van der Waals surface area contributed by atoms with Crippen LogP contribution in [-0.4, -0.2) is 71.2 Å². The van der Waals surface area contributed by atoms with E-state index in [1.165, 1.54) is 0 Å². The molecule has 4 unspecified atom stereocenters. The Bertz CT molecular complexity index is 662. The van der Waals surface area contributed by atoms with Crippen LogP contribution in [0.5, 0.6) is 0 Å². The number of carboxylic acid groups (broad SMARTS) is 1. The number of amides is 4. The molecular formula is C19H36N6O6S. The van der Waals surface area contributed by atoms with E-state index in [-0.39, 0.29) is 24.5 Å². The van der Waals surface area contributed by atoms with Crippen molar-refractivity contribution in [3.8, 4) is 0 Å². The third-order valence-corrected chi connectivity index (χ3v) is 4.87. The van der Waals surface area contributed by atoms with Crippen LogP contribution in [0.15, 0.2) is 0 Å². The highest BCUT2D eigenvalue weighted by Gasteiger charge is 2.31. The van der Waals surface area contributed by atoms with Gasteiger partial charge < -0.3 is 38.3 Å². The molecule has 12 nitrogen and oxygen atoms in total. The van der Waals surface area contributed by atoms with E-state index in [1.807, 2.05) is 13.8 Å². The fourth-order valence-corrected chi connectivity index (χ4v) is 2.94. The van der Waals surface area contributed by atoms with Gasteiger partial charge in [-0.05, 0) is 38.1 Å². The minimum atomic E-state index is -1.42. The van der Waals surface area contributed by atoms with E-state index in [0.717, 1.165) is 0 Å². The third kappa shape index (κ3) is 11.9. The highest BCUT2D eigenvalue weighted by atomic mass is 32.1. The van der Waals surface area contributed by atoms with Crippen molar-refractivity contribution in [1.29, 1.82) is 0 Å². The molecule has 0 saturated carbocycles. The Labute approximate surface area is 193 Å². The molecule has 0 saturated heterocycles. The molecule has 4 atom stereocenters. The summed E-state index contributed by atoms with van der Waals surface area (Å²) in [5.74, 6) is -4.26. The highest BCUT2D eigenvalue weighted by molar-refractivity contribution is 7.80. The number of carboxylic acids is 1. The van der Waals surface area contributed by atoms with E-state index in [4.69, 9.17) is 17.2 Å². The number of nitrogens with one attached hydrogen (secondary N) is 3. The second kappa shape index (κ2) is 15.4. The molecule has 0 aromatic heterocycles. The fraction of sp³-hybridized carbons (Fsp3) is 0.737. The number of primary amides is 1. The zero-order valence-corrected chi connectivity index (χ0v) is 19.4. The number of nitrogens with two attached hydrogens (primary N) is 3. The molecular weight excluding hydrogens is 440 g/mol. The number of carbonyl (C=O) groups excluding carboxylic acids is 4. The molecule has 0 aliphatic heterocycles. The topological polar surface area (TPSA) is 220 Å². The molecule has 0 heterocycles. The zero-order chi connectivity index (χ0) is 24.8. The molecule has 0 aromatic rings. The minimum absolute atomic E-state index is 0.000582. The van der Waals surface area contributed by atoms with Crippen LogP contribution in [0, 0.1) is 5.92 Å². The maximum Gasteiger partial charge on any atom is 0.326 e. The van der Waals surface area contributed by atoms with Crippen LogP contribution in [-0.2, 0) is 24.0 Å². The first-order chi connectivity index (χ1) is 14.9. The van der Waals surface area contributed by atoms with Gasteiger partial charge in [-0.2, -0.15) is 12.6 Å². The number of thiol groups is 1.